The third-order valence-electron chi connectivity index (χ3n) is 5.09. The SMILES string of the molecule is C=CC(=O)Oc1ccc(OC(=O)CCCCCCC(C)C)cc1C(C)(C)CC. The van der Waals surface area contributed by atoms with Crippen LogP contribution in [0.4, 0.5) is 0 Å². The molecule has 0 atom stereocenters. The first-order chi connectivity index (χ1) is 13.2. The molecule has 0 saturated carbocycles. The average Bonchev–Trinajstić information content (AvgIpc) is 2.65. The van der Waals surface area contributed by atoms with Gasteiger partial charge < -0.3 is 9.47 Å². The first-order valence-electron chi connectivity index (χ1n) is 10.4. The smallest absolute Gasteiger partial charge is 0.335 e. The van der Waals surface area contributed by atoms with E-state index < -0.39 is 5.97 Å². The first-order valence-corrected chi connectivity index (χ1v) is 10.4. The van der Waals surface area contributed by atoms with Crippen molar-refractivity contribution >= 4 is 11.9 Å². The van der Waals surface area contributed by atoms with Crippen molar-refractivity contribution in [3.63, 3.8) is 0 Å². The third kappa shape index (κ3) is 8.28. The van der Waals surface area contributed by atoms with E-state index in [0.717, 1.165) is 43.2 Å². The second-order valence-corrected chi connectivity index (χ2v) is 8.34. The molecule has 1 aromatic rings. The number of rotatable bonds is 12. The van der Waals surface area contributed by atoms with E-state index in [1.807, 2.05) is 0 Å². The summed E-state index contributed by atoms with van der Waals surface area (Å²) in [6, 6.07) is 5.15. The maximum atomic E-state index is 12.2. The molecule has 0 spiro atoms. The minimum atomic E-state index is -0.504. The van der Waals surface area contributed by atoms with Gasteiger partial charge in [-0.3, -0.25) is 4.79 Å². The van der Waals surface area contributed by atoms with Crippen molar-refractivity contribution in [3.05, 3.63) is 36.4 Å². The van der Waals surface area contributed by atoms with Gasteiger partial charge >= 0.3 is 11.9 Å². The molecule has 0 fully saturated rings. The van der Waals surface area contributed by atoms with Crippen LogP contribution in [-0.2, 0) is 15.0 Å². The third-order valence-corrected chi connectivity index (χ3v) is 5.09. The normalized spacial score (nSPS) is 11.4. The summed E-state index contributed by atoms with van der Waals surface area (Å²) in [5.41, 5.74) is 0.611. The topological polar surface area (TPSA) is 52.6 Å². The molecule has 1 rings (SSSR count). The summed E-state index contributed by atoms with van der Waals surface area (Å²) < 4.78 is 10.9. The Morgan fingerprint density at radius 2 is 1.79 bits per heavy atom. The molecule has 0 unspecified atom stereocenters. The Morgan fingerprint density at radius 1 is 1.11 bits per heavy atom. The minimum absolute atomic E-state index is 0.222. The zero-order valence-electron chi connectivity index (χ0n) is 18.2. The average molecular weight is 389 g/mol. The number of benzene rings is 1. The summed E-state index contributed by atoms with van der Waals surface area (Å²) in [6.45, 7) is 14.1. The Bertz CT molecular complexity index is 659. The molecule has 0 amide bonds. The van der Waals surface area contributed by atoms with E-state index in [9.17, 15) is 9.59 Å². The standard InChI is InChI=1S/C24H36O4/c1-7-22(25)28-21-16-15-19(17-20(21)24(5,6)8-2)27-23(26)14-12-10-9-11-13-18(3)4/h7,15-18H,1,8-14H2,2-6H3. The molecule has 156 valence electrons. The highest BCUT2D eigenvalue weighted by Gasteiger charge is 2.24. The molecule has 0 saturated heterocycles. The molecule has 4 nitrogen and oxygen atoms in total. The van der Waals surface area contributed by atoms with Crippen molar-refractivity contribution in [1.82, 2.24) is 0 Å². The van der Waals surface area contributed by atoms with Crippen LogP contribution in [0, 0.1) is 5.92 Å². The molecule has 0 bridgehead atoms. The van der Waals surface area contributed by atoms with E-state index in [1.165, 1.54) is 12.8 Å². The van der Waals surface area contributed by atoms with E-state index in [-0.39, 0.29) is 11.4 Å². The molecular formula is C24H36O4. The van der Waals surface area contributed by atoms with E-state index >= 15 is 0 Å². The van der Waals surface area contributed by atoms with Gasteiger partial charge in [-0.05, 0) is 42.4 Å². The Morgan fingerprint density at radius 3 is 2.39 bits per heavy atom. The Balaban J connectivity index is 2.70. The highest BCUT2D eigenvalue weighted by molar-refractivity contribution is 5.83. The molecular weight excluding hydrogens is 352 g/mol. The summed E-state index contributed by atoms with van der Waals surface area (Å²) in [5, 5.41) is 0. The van der Waals surface area contributed by atoms with Gasteiger partial charge in [-0.2, -0.15) is 0 Å². The summed E-state index contributed by atoms with van der Waals surface area (Å²) in [6.07, 6.45) is 7.91. The zero-order chi connectivity index (χ0) is 21.2. The fourth-order valence-electron chi connectivity index (χ4n) is 2.89. The lowest BCUT2D eigenvalue weighted by atomic mass is 9.81. The van der Waals surface area contributed by atoms with Crippen molar-refractivity contribution in [2.75, 3.05) is 0 Å². The number of ether oxygens (including phenoxy) is 2. The Hall–Kier alpha value is -2.10. The highest BCUT2D eigenvalue weighted by Crippen LogP contribution is 2.37. The number of esters is 2. The zero-order valence-corrected chi connectivity index (χ0v) is 18.2. The van der Waals surface area contributed by atoms with Gasteiger partial charge in [0, 0.05) is 18.1 Å². The van der Waals surface area contributed by atoms with Gasteiger partial charge in [0.2, 0.25) is 0 Å². The van der Waals surface area contributed by atoms with Gasteiger partial charge in [-0.1, -0.05) is 66.9 Å². The molecule has 4 heteroatoms. The van der Waals surface area contributed by atoms with Crippen LogP contribution in [0.5, 0.6) is 11.5 Å². The van der Waals surface area contributed by atoms with Crippen molar-refractivity contribution in [2.45, 2.75) is 85.0 Å². The fraction of sp³-hybridized carbons (Fsp3) is 0.583. The van der Waals surface area contributed by atoms with Gasteiger partial charge in [-0.15, -0.1) is 0 Å². The molecule has 0 N–H and O–H groups in total. The lowest BCUT2D eigenvalue weighted by Gasteiger charge is -2.26. The van der Waals surface area contributed by atoms with Crippen LogP contribution in [0.15, 0.2) is 30.9 Å². The van der Waals surface area contributed by atoms with Crippen molar-refractivity contribution < 1.29 is 19.1 Å². The maximum absolute atomic E-state index is 12.2. The number of carbonyl (C=O) groups is 2. The maximum Gasteiger partial charge on any atom is 0.335 e. The monoisotopic (exact) mass is 388 g/mol. The van der Waals surface area contributed by atoms with Gasteiger partial charge in [-0.25, -0.2) is 4.79 Å². The number of hydrogen-bond acceptors (Lipinski definition) is 4. The second-order valence-electron chi connectivity index (χ2n) is 8.34. The van der Waals surface area contributed by atoms with Crippen molar-refractivity contribution in [3.8, 4) is 11.5 Å². The van der Waals surface area contributed by atoms with Gasteiger partial charge in [0.05, 0.1) is 0 Å². The molecule has 1 aromatic carbocycles. The van der Waals surface area contributed by atoms with Crippen molar-refractivity contribution in [1.29, 1.82) is 0 Å². The van der Waals surface area contributed by atoms with E-state index in [0.29, 0.717) is 17.9 Å². The highest BCUT2D eigenvalue weighted by atomic mass is 16.5. The van der Waals surface area contributed by atoms with Crippen LogP contribution in [0.25, 0.3) is 0 Å². The van der Waals surface area contributed by atoms with Crippen LogP contribution in [0.1, 0.15) is 85.1 Å². The summed E-state index contributed by atoms with van der Waals surface area (Å²) in [7, 11) is 0. The second kappa shape index (κ2) is 11.7. The van der Waals surface area contributed by atoms with Crippen LogP contribution >= 0.6 is 0 Å². The van der Waals surface area contributed by atoms with Gasteiger partial charge in [0.1, 0.15) is 11.5 Å². The summed E-state index contributed by atoms with van der Waals surface area (Å²) in [4.78, 5) is 23.8. The fourth-order valence-corrected chi connectivity index (χ4v) is 2.89. The minimum Gasteiger partial charge on any atom is -0.427 e. The lowest BCUT2D eigenvalue weighted by molar-refractivity contribution is -0.134. The van der Waals surface area contributed by atoms with Crippen LogP contribution in [0.3, 0.4) is 0 Å². The predicted octanol–water partition coefficient (Wildman–Crippen LogP) is 6.37. The summed E-state index contributed by atoms with van der Waals surface area (Å²) in [5.74, 6) is 0.969. The van der Waals surface area contributed by atoms with Crippen LogP contribution in [-0.4, -0.2) is 11.9 Å². The van der Waals surface area contributed by atoms with Crippen molar-refractivity contribution in [2.24, 2.45) is 5.92 Å². The first kappa shape index (κ1) is 23.9. The van der Waals surface area contributed by atoms with Crippen LogP contribution in [0.2, 0.25) is 0 Å². The van der Waals surface area contributed by atoms with Gasteiger partial charge in [0.25, 0.3) is 0 Å². The molecule has 28 heavy (non-hydrogen) atoms. The van der Waals surface area contributed by atoms with E-state index in [2.05, 4.69) is 41.2 Å². The van der Waals surface area contributed by atoms with E-state index in [4.69, 9.17) is 9.47 Å². The largest absolute Gasteiger partial charge is 0.427 e. The van der Waals surface area contributed by atoms with E-state index in [1.54, 1.807) is 18.2 Å². The van der Waals surface area contributed by atoms with Crippen LogP contribution < -0.4 is 9.47 Å². The predicted molar refractivity (Wildman–Crippen MR) is 114 cm³/mol. The molecule has 0 heterocycles. The Kier molecular flexibility index (Phi) is 9.98. The number of carbonyl (C=O) groups excluding carboxylic acids is 2. The lowest BCUT2D eigenvalue weighted by Crippen LogP contribution is -2.19. The molecule has 0 aliphatic carbocycles. The summed E-state index contributed by atoms with van der Waals surface area (Å²) >= 11 is 0. The number of unbranched alkanes of at least 4 members (excludes halogenated alkanes) is 3. The molecule has 0 radical (unpaired) electrons. The molecule has 0 aliphatic rings. The quantitative estimate of drug-likeness (QED) is 0.181. The van der Waals surface area contributed by atoms with Gasteiger partial charge in [0.15, 0.2) is 0 Å². The molecule has 0 aromatic heterocycles. The Labute approximate surface area is 170 Å². The number of hydrogen-bond donors (Lipinski definition) is 0. The molecule has 0 aliphatic heterocycles.